The summed E-state index contributed by atoms with van der Waals surface area (Å²) in [5.41, 5.74) is 0.299. The summed E-state index contributed by atoms with van der Waals surface area (Å²) in [5.74, 6) is -0.412. The summed E-state index contributed by atoms with van der Waals surface area (Å²) in [7, 11) is 3.86. The number of carbonyl (C=O) groups excluding carboxylic acids is 1. The molecule has 138 valence electrons. The second-order valence-electron chi connectivity index (χ2n) is 7.35. The van der Waals surface area contributed by atoms with Crippen molar-refractivity contribution in [2.75, 3.05) is 25.5 Å². The molecular weight excluding hydrogens is 324 g/mol. The fourth-order valence-corrected chi connectivity index (χ4v) is 2.67. The van der Waals surface area contributed by atoms with Crippen LogP contribution in [0.2, 0.25) is 0 Å². The van der Waals surface area contributed by atoms with Gasteiger partial charge < -0.3 is 19.5 Å². The molecule has 0 radical (unpaired) electrons. The van der Waals surface area contributed by atoms with Crippen molar-refractivity contribution >= 4 is 17.7 Å². The van der Waals surface area contributed by atoms with Crippen LogP contribution in [0.4, 0.5) is 10.5 Å². The number of anilines is 1. The number of carbonyl (C=O) groups is 2. The van der Waals surface area contributed by atoms with Crippen molar-refractivity contribution in [2.24, 2.45) is 0 Å². The average molecular weight is 350 g/mol. The van der Waals surface area contributed by atoms with Gasteiger partial charge in [0.1, 0.15) is 23.5 Å². The van der Waals surface area contributed by atoms with Gasteiger partial charge in [0, 0.05) is 32.3 Å². The number of hydrogen-bond acceptors (Lipinski definition) is 5. The summed E-state index contributed by atoms with van der Waals surface area (Å²) < 4.78 is 11.2. The van der Waals surface area contributed by atoms with Crippen molar-refractivity contribution in [1.82, 2.24) is 4.90 Å². The minimum absolute atomic E-state index is 0.179. The van der Waals surface area contributed by atoms with Crippen LogP contribution < -0.4 is 9.64 Å². The van der Waals surface area contributed by atoms with Gasteiger partial charge in [-0.25, -0.2) is 9.59 Å². The zero-order valence-electron chi connectivity index (χ0n) is 15.4. The third-order valence-electron chi connectivity index (χ3n) is 3.81. The maximum Gasteiger partial charge on any atom is 0.411 e. The topological polar surface area (TPSA) is 79.3 Å². The Morgan fingerprint density at radius 2 is 1.96 bits per heavy atom. The van der Waals surface area contributed by atoms with Crippen molar-refractivity contribution in [3.63, 3.8) is 0 Å². The van der Waals surface area contributed by atoms with E-state index in [0.717, 1.165) is 5.69 Å². The molecule has 2 rings (SSSR count). The summed E-state index contributed by atoms with van der Waals surface area (Å²) in [5, 5.41) is 9.42. The van der Waals surface area contributed by atoms with Crippen molar-refractivity contribution in [3.05, 3.63) is 24.3 Å². The lowest BCUT2D eigenvalue weighted by Gasteiger charge is -2.26. The van der Waals surface area contributed by atoms with Crippen LogP contribution in [0.3, 0.4) is 0 Å². The van der Waals surface area contributed by atoms with Crippen LogP contribution in [0.25, 0.3) is 0 Å². The summed E-state index contributed by atoms with van der Waals surface area (Å²) in [6.07, 6.45) is -0.806. The van der Waals surface area contributed by atoms with Crippen molar-refractivity contribution in [3.8, 4) is 5.75 Å². The van der Waals surface area contributed by atoms with E-state index in [4.69, 9.17) is 9.47 Å². The third-order valence-corrected chi connectivity index (χ3v) is 3.81. The standard InChI is InChI=1S/C18H26N2O5/c1-18(2,3)25-17(23)20-11-14(10-15(20)16(21)22)24-13-8-6-7-12(9-13)19(4)5/h6-9,14-15H,10-11H2,1-5H3,(H,21,22)/t14-,15-/m0/s1. The molecule has 7 nitrogen and oxygen atoms in total. The largest absolute Gasteiger partial charge is 0.488 e. The van der Waals surface area contributed by atoms with E-state index in [1.165, 1.54) is 4.90 Å². The number of carboxylic acids is 1. The van der Waals surface area contributed by atoms with Crippen molar-refractivity contribution < 1.29 is 24.2 Å². The molecule has 1 aromatic carbocycles. The lowest BCUT2D eigenvalue weighted by molar-refractivity contribution is -0.142. The molecule has 1 aliphatic rings. The van der Waals surface area contributed by atoms with Gasteiger partial charge in [-0.05, 0) is 32.9 Å². The van der Waals surface area contributed by atoms with Crippen LogP contribution >= 0.6 is 0 Å². The van der Waals surface area contributed by atoms with Gasteiger partial charge in [-0.15, -0.1) is 0 Å². The SMILES string of the molecule is CN(C)c1cccc(O[C@H]2C[C@@H](C(=O)O)N(C(=O)OC(C)(C)C)C2)c1. The van der Waals surface area contributed by atoms with Gasteiger partial charge in [0.15, 0.2) is 0 Å². The second-order valence-corrected chi connectivity index (χ2v) is 7.35. The Kier molecular flexibility index (Phi) is 5.45. The first-order chi connectivity index (χ1) is 11.6. The number of likely N-dealkylation sites (tertiary alicyclic amines) is 1. The molecule has 1 fully saturated rings. The number of carboxylic acid groups (broad SMARTS) is 1. The van der Waals surface area contributed by atoms with Crippen LogP contribution in [0.5, 0.6) is 5.75 Å². The predicted molar refractivity (Wildman–Crippen MR) is 94.2 cm³/mol. The Morgan fingerprint density at radius 1 is 1.28 bits per heavy atom. The number of rotatable bonds is 4. The highest BCUT2D eigenvalue weighted by Crippen LogP contribution is 2.27. The number of benzene rings is 1. The molecule has 1 amide bonds. The van der Waals surface area contributed by atoms with Crippen LogP contribution in [-0.4, -0.2) is 60.5 Å². The van der Waals surface area contributed by atoms with E-state index in [9.17, 15) is 14.7 Å². The maximum atomic E-state index is 12.3. The molecule has 1 aromatic rings. The molecule has 0 bridgehead atoms. The van der Waals surface area contributed by atoms with E-state index >= 15 is 0 Å². The highest BCUT2D eigenvalue weighted by atomic mass is 16.6. The Bertz CT molecular complexity index is 639. The van der Waals surface area contributed by atoms with Gasteiger partial charge >= 0.3 is 12.1 Å². The van der Waals surface area contributed by atoms with Gasteiger partial charge in [0.2, 0.25) is 0 Å². The van der Waals surface area contributed by atoms with E-state index < -0.39 is 29.8 Å². The molecule has 0 aliphatic carbocycles. The van der Waals surface area contributed by atoms with Crippen LogP contribution in [0.15, 0.2) is 24.3 Å². The summed E-state index contributed by atoms with van der Waals surface area (Å²) in [4.78, 5) is 27.0. The summed E-state index contributed by atoms with van der Waals surface area (Å²) in [6, 6.07) is 6.58. The Morgan fingerprint density at radius 3 is 2.52 bits per heavy atom. The first kappa shape index (κ1) is 18.9. The zero-order chi connectivity index (χ0) is 18.8. The fourth-order valence-electron chi connectivity index (χ4n) is 2.67. The normalized spacial score (nSPS) is 20.3. The van der Waals surface area contributed by atoms with Crippen LogP contribution in [0, 0.1) is 0 Å². The van der Waals surface area contributed by atoms with Gasteiger partial charge in [-0.1, -0.05) is 6.07 Å². The van der Waals surface area contributed by atoms with Gasteiger partial charge in [0.05, 0.1) is 6.54 Å². The fraction of sp³-hybridized carbons (Fsp3) is 0.556. The first-order valence-electron chi connectivity index (χ1n) is 8.23. The van der Waals surface area contributed by atoms with E-state index in [1.807, 2.05) is 43.3 Å². The molecule has 1 heterocycles. The zero-order valence-corrected chi connectivity index (χ0v) is 15.4. The quantitative estimate of drug-likeness (QED) is 0.899. The molecule has 0 aromatic heterocycles. The predicted octanol–water partition coefficient (Wildman–Crippen LogP) is 2.59. The van der Waals surface area contributed by atoms with E-state index in [2.05, 4.69) is 0 Å². The third kappa shape index (κ3) is 5.01. The van der Waals surface area contributed by atoms with Crippen LogP contribution in [0.1, 0.15) is 27.2 Å². The van der Waals surface area contributed by atoms with E-state index in [0.29, 0.717) is 5.75 Å². The summed E-state index contributed by atoms with van der Waals surface area (Å²) in [6.45, 7) is 5.42. The summed E-state index contributed by atoms with van der Waals surface area (Å²) >= 11 is 0. The minimum Gasteiger partial charge on any atom is -0.488 e. The molecule has 2 atom stereocenters. The Balaban J connectivity index is 2.10. The molecule has 0 saturated carbocycles. The van der Waals surface area contributed by atoms with E-state index in [1.54, 1.807) is 20.8 Å². The highest BCUT2D eigenvalue weighted by Gasteiger charge is 2.42. The number of amides is 1. The molecule has 1 saturated heterocycles. The monoisotopic (exact) mass is 350 g/mol. The lowest BCUT2D eigenvalue weighted by Crippen LogP contribution is -2.43. The molecule has 0 unspecified atom stereocenters. The Hall–Kier alpha value is -2.44. The number of nitrogens with zero attached hydrogens (tertiary/aromatic N) is 2. The van der Waals surface area contributed by atoms with Gasteiger partial charge in [-0.2, -0.15) is 0 Å². The number of ether oxygens (including phenoxy) is 2. The molecule has 0 spiro atoms. The minimum atomic E-state index is -1.06. The molecule has 1 N–H and O–H groups in total. The Labute approximate surface area is 148 Å². The maximum absolute atomic E-state index is 12.3. The molecule has 1 aliphatic heterocycles. The van der Waals surface area contributed by atoms with Crippen molar-refractivity contribution in [1.29, 1.82) is 0 Å². The average Bonchev–Trinajstić information content (AvgIpc) is 2.90. The van der Waals surface area contributed by atoms with Gasteiger partial charge in [-0.3, -0.25) is 4.90 Å². The lowest BCUT2D eigenvalue weighted by atomic mass is 10.2. The highest BCUT2D eigenvalue weighted by molar-refractivity contribution is 5.81. The first-order valence-corrected chi connectivity index (χ1v) is 8.23. The molecule has 7 heteroatoms. The second kappa shape index (κ2) is 7.21. The molecule has 25 heavy (non-hydrogen) atoms. The smallest absolute Gasteiger partial charge is 0.411 e. The number of hydrogen-bond donors (Lipinski definition) is 1. The molecular formula is C18H26N2O5. The van der Waals surface area contributed by atoms with Gasteiger partial charge in [0.25, 0.3) is 0 Å². The number of aliphatic carboxylic acids is 1. The van der Waals surface area contributed by atoms with Crippen LogP contribution in [-0.2, 0) is 9.53 Å². The van der Waals surface area contributed by atoms with Crippen molar-refractivity contribution in [2.45, 2.75) is 44.9 Å². The van der Waals surface area contributed by atoms with E-state index in [-0.39, 0.29) is 13.0 Å².